The van der Waals surface area contributed by atoms with Gasteiger partial charge in [0.05, 0.1) is 54.7 Å². The number of ether oxygens (including phenoxy) is 4. The molecule has 1 aliphatic heterocycles. The van der Waals surface area contributed by atoms with Gasteiger partial charge in [-0.05, 0) is 6.92 Å². The number of hydrogen-bond acceptors (Lipinski definition) is 9. The lowest BCUT2D eigenvalue weighted by molar-refractivity contribution is 0.0000244. The zero-order valence-electron chi connectivity index (χ0n) is 13.1. The molecule has 1 atom stereocenters. The van der Waals surface area contributed by atoms with Gasteiger partial charge in [-0.25, -0.2) is 0 Å². The van der Waals surface area contributed by atoms with Crippen molar-refractivity contribution in [1.82, 2.24) is 0 Å². The minimum Gasteiger partial charge on any atom is -0.379 e. The Morgan fingerprint density at radius 3 is 2.22 bits per heavy atom. The maximum absolute atomic E-state index is 5.72. The van der Waals surface area contributed by atoms with Crippen molar-refractivity contribution in [2.75, 3.05) is 58.6 Å². The molecule has 23 heavy (non-hydrogen) atoms. The number of fused-ring (bicyclic) bond motifs is 1. The SMILES string of the molecule is CCOCCOCCOCCOCC1CSc2sc(=S)sc2S1. The van der Waals surface area contributed by atoms with E-state index >= 15 is 0 Å². The van der Waals surface area contributed by atoms with Gasteiger partial charge in [-0.1, -0.05) is 12.2 Å². The molecule has 2 rings (SSSR count). The summed E-state index contributed by atoms with van der Waals surface area (Å²) in [6.07, 6.45) is 0. The van der Waals surface area contributed by atoms with Crippen molar-refractivity contribution in [3.63, 3.8) is 0 Å². The monoisotopic (exact) mass is 414 g/mol. The van der Waals surface area contributed by atoms with Gasteiger partial charge in [0.2, 0.25) is 0 Å². The van der Waals surface area contributed by atoms with Gasteiger partial charge in [0, 0.05) is 17.6 Å². The Balaban J connectivity index is 1.42. The summed E-state index contributed by atoms with van der Waals surface area (Å²) >= 11 is 12.5. The molecule has 1 aromatic rings. The molecule has 4 nitrogen and oxygen atoms in total. The molecule has 1 aliphatic rings. The highest BCUT2D eigenvalue weighted by molar-refractivity contribution is 8.08. The van der Waals surface area contributed by atoms with E-state index in [1.165, 1.54) is 8.42 Å². The third kappa shape index (κ3) is 8.15. The van der Waals surface area contributed by atoms with Gasteiger partial charge in [0.25, 0.3) is 0 Å². The van der Waals surface area contributed by atoms with E-state index in [0.717, 1.165) is 22.1 Å². The number of thioether (sulfide) groups is 2. The average molecular weight is 415 g/mol. The molecule has 0 spiro atoms. The zero-order valence-corrected chi connectivity index (χ0v) is 17.2. The van der Waals surface area contributed by atoms with Crippen LogP contribution in [0.25, 0.3) is 0 Å². The average Bonchev–Trinajstić information content (AvgIpc) is 2.92. The van der Waals surface area contributed by atoms with Crippen molar-refractivity contribution in [3.8, 4) is 0 Å². The lowest BCUT2D eigenvalue weighted by Crippen LogP contribution is -2.19. The van der Waals surface area contributed by atoms with Crippen molar-refractivity contribution in [3.05, 3.63) is 3.14 Å². The van der Waals surface area contributed by atoms with E-state index in [2.05, 4.69) is 0 Å². The maximum Gasteiger partial charge on any atom is 0.145 e. The molecule has 0 radical (unpaired) electrons. The number of hydrogen-bond donors (Lipinski definition) is 0. The first-order valence-electron chi connectivity index (χ1n) is 7.54. The van der Waals surface area contributed by atoms with E-state index < -0.39 is 0 Å². The highest BCUT2D eigenvalue weighted by Crippen LogP contribution is 2.47. The summed E-state index contributed by atoms with van der Waals surface area (Å²) < 4.78 is 25.5. The normalized spacial score (nSPS) is 17.3. The van der Waals surface area contributed by atoms with Gasteiger partial charge in [0.1, 0.15) is 3.14 Å². The number of rotatable bonds is 12. The molecule has 0 N–H and O–H groups in total. The summed E-state index contributed by atoms with van der Waals surface area (Å²) in [7, 11) is 0. The molecule has 0 aliphatic carbocycles. The zero-order chi connectivity index (χ0) is 16.3. The molecule has 9 heteroatoms. The molecular weight excluding hydrogens is 392 g/mol. The molecule has 0 saturated carbocycles. The van der Waals surface area contributed by atoms with Crippen LogP contribution >= 0.6 is 58.4 Å². The van der Waals surface area contributed by atoms with Crippen LogP contribution in [0.5, 0.6) is 0 Å². The molecule has 2 heterocycles. The smallest absolute Gasteiger partial charge is 0.145 e. The minimum absolute atomic E-state index is 0.509. The Morgan fingerprint density at radius 2 is 1.52 bits per heavy atom. The molecule has 0 saturated heterocycles. The third-order valence-electron chi connectivity index (χ3n) is 2.82. The van der Waals surface area contributed by atoms with Crippen LogP contribution in [0.1, 0.15) is 6.92 Å². The Hall–Kier alpha value is 0.810. The summed E-state index contributed by atoms with van der Waals surface area (Å²) in [5, 5.41) is 0.509. The van der Waals surface area contributed by atoms with Crippen LogP contribution in [-0.2, 0) is 18.9 Å². The molecule has 0 aromatic carbocycles. The van der Waals surface area contributed by atoms with E-state index in [9.17, 15) is 0 Å². The Morgan fingerprint density at radius 1 is 0.913 bits per heavy atom. The lowest BCUT2D eigenvalue weighted by atomic mass is 10.5. The van der Waals surface area contributed by atoms with Crippen molar-refractivity contribution >= 4 is 58.4 Å². The Bertz CT molecular complexity index is 490. The second kappa shape index (κ2) is 12.2. The standard InChI is InChI=1S/C14H22O4S5/c1-2-15-3-4-16-5-6-17-7-8-18-9-11-10-20-12-13(21-11)23-14(19)22-12/h11H,2-10H2,1H3. The van der Waals surface area contributed by atoms with E-state index in [4.69, 9.17) is 31.2 Å². The van der Waals surface area contributed by atoms with Gasteiger partial charge in [-0.2, -0.15) is 0 Å². The lowest BCUT2D eigenvalue weighted by Gasteiger charge is -2.20. The van der Waals surface area contributed by atoms with Crippen molar-refractivity contribution in [2.24, 2.45) is 0 Å². The second-order valence-corrected chi connectivity index (χ2v) is 10.7. The first-order chi connectivity index (χ1) is 11.3. The first-order valence-corrected chi connectivity index (χ1v) is 11.4. The van der Waals surface area contributed by atoms with Crippen molar-refractivity contribution in [2.45, 2.75) is 20.6 Å². The van der Waals surface area contributed by atoms with Crippen molar-refractivity contribution < 1.29 is 18.9 Å². The van der Waals surface area contributed by atoms with Crippen LogP contribution in [0.4, 0.5) is 0 Å². The van der Waals surface area contributed by atoms with E-state index in [1.807, 2.05) is 30.4 Å². The van der Waals surface area contributed by atoms with Gasteiger partial charge < -0.3 is 18.9 Å². The summed E-state index contributed by atoms with van der Waals surface area (Å²) in [6, 6.07) is 0. The van der Waals surface area contributed by atoms with Crippen LogP contribution in [0.2, 0.25) is 0 Å². The summed E-state index contributed by atoms with van der Waals surface area (Å²) in [5.74, 6) is 1.09. The van der Waals surface area contributed by atoms with Gasteiger partial charge in [-0.15, -0.1) is 46.2 Å². The maximum atomic E-state index is 5.72. The van der Waals surface area contributed by atoms with Crippen LogP contribution in [-0.4, -0.2) is 63.9 Å². The fraction of sp³-hybridized carbons (Fsp3) is 0.786. The third-order valence-corrected chi connectivity index (χ3v) is 8.89. The van der Waals surface area contributed by atoms with E-state index in [1.54, 1.807) is 22.7 Å². The minimum atomic E-state index is 0.509. The Labute approximate surface area is 159 Å². The Kier molecular flexibility index (Phi) is 10.7. The molecule has 0 amide bonds. The predicted octanol–water partition coefficient (Wildman–Crippen LogP) is 4.19. The van der Waals surface area contributed by atoms with Crippen LogP contribution in [0.15, 0.2) is 8.42 Å². The second-order valence-electron chi connectivity index (χ2n) is 4.58. The van der Waals surface area contributed by atoms with E-state index in [-0.39, 0.29) is 0 Å². The first kappa shape index (κ1) is 20.1. The summed E-state index contributed by atoms with van der Waals surface area (Å²) in [6.45, 7) is 7.20. The molecule has 0 bridgehead atoms. The van der Waals surface area contributed by atoms with E-state index in [0.29, 0.717) is 44.9 Å². The summed E-state index contributed by atoms with van der Waals surface area (Å²) in [4.78, 5) is 0. The van der Waals surface area contributed by atoms with Gasteiger partial charge in [-0.3, -0.25) is 0 Å². The highest BCUT2D eigenvalue weighted by atomic mass is 32.2. The fourth-order valence-electron chi connectivity index (χ4n) is 1.77. The predicted molar refractivity (Wildman–Crippen MR) is 102 cm³/mol. The molecular formula is C14H22O4S5. The molecule has 1 aromatic heterocycles. The largest absolute Gasteiger partial charge is 0.379 e. The molecule has 0 fully saturated rings. The van der Waals surface area contributed by atoms with Crippen molar-refractivity contribution in [1.29, 1.82) is 0 Å². The fourth-order valence-corrected chi connectivity index (χ4v) is 8.31. The van der Waals surface area contributed by atoms with Crippen LogP contribution in [0, 0.1) is 3.14 Å². The van der Waals surface area contributed by atoms with Gasteiger partial charge in [0.15, 0.2) is 0 Å². The van der Waals surface area contributed by atoms with Crippen LogP contribution in [0.3, 0.4) is 0 Å². The highest BCUT2D eigenvalue weighted by Gasteiger charge is 2.22. The topological polar surface area (TPSA) is 36.9 Å². The quantitative estimate of drug-likeness (QED) is 0.375. The molecule has 1 unspecified atom stereocenters. The molecule has 132 valence electrons. The van der Waals surface area contributed by atoms with Crippen LogP contribution < -0.4 is 0 Å². The van der Waals surface area contributed by atoms with Gasteiger partial charge >= 0.3 is 0 Å². The summed E-state index contributed by atoms with van der Waals surface area (Å²) in [5.41, 5.74) is 0.